The van der Waals surface area contributed by atoms with E-state index >= 15 is 0 Å². The van der Waals surface area contributed by atoms with Crippen molar-refractivity contribution in [2.24, 2.45) is 14.1 Å². The van der Waals surface area contributed by atoms with Gasteiger partial charge in [0.05, 0.1) is 10.6 Å². The molecule has 3 aromatic heterocycles. The van der Waals surface area contributed by atoms with Crippen molar-refractivity contribution >= 4 is 39.9 Å². The summed E-state index contributed by atoms with van der Waals surface area (Å²) in [5.41, 5.74) is -0.0894. The number of thiophene rings is 1. The van der Waals surface area contributed by atoms with Gasteiger partial charge >= 0.3 is 5.69 Å². The molecule has 7 nitrogen and oxygen atoms in total. The number of aromatic nitrogens is 4. The number of rotatable bonds is 5. The SMILES string of the molecule is Cn1c(=O)c2c(SCC(=O)c3ccccc3)nc(-c3cccs3)nc2n(C)c1=O. The van der Waals surface area contributed by atoms with Gasteiger partial charge in [-0.25, -0.2) is 14.8 Å². The molecule has 1 aromatic carbocycles. The summed E-state index contributed by atoms with van der Waals surface area (Å²) in [6.07, 6.45) is 0. The lowest BCUT2D eigenvalue weighted by molar-refractivity contribution is 0.102. The van der Waals surface area contributed by atoms with E-state index in [0.717, 1.165) is 9.44 Å². The zero-order valence-electron chi connectivity index (χ0n) is 15.7. The Hall–Kier alpha value is -3.04. The second-order valence-electron chi connectivity index (χ2n) is 6.31. The van der Waals surface area contributed by atoms with Crippen LogP contribution < -0.4 is 11.2 Å². The molecular formula is C20H16N4O3S2. The smallest absolute Gasteiger partial charge is 0.293 e. The van der Waals surface area contributed by atoms with Gasteiger partial charge in [-0.1, -0.05) is 48.2 Å². The van der Waals surface area contributed by atoms with Crippen LogP contribution in [0.15, 0.2) is 62.5 Å². The lowest BCUT2D eigenvalue weighted by atomic mass is 10.2. The number of hydrogen-bond acceptors (Lipinski definition) is 7. The first kappa shape index (κ1) is 19.3. The molecule has 146 valence electrons. The molecule has 0 saturated carbocycles. The van der Waals surface area contributed by atoms with Crippen molar-refractivity contribution in [3.63, 3.8) is 0 Å². The third kappa shape index (κ3) is 3.54. The maximum Gasteiger partial charge on any atom is 0.332 e. The van der Waals surface area contributed by atoms with E-state index < -0.39 is 11.2 Å². The first-order valence-corrected chi connectivity index (χ1v) is 10.6. The lowest BCUT2D eigenvalue weighted by Gasteiger charge is -2.11. The average Bonchev–Trinajstić information content (AvgIpc) is 3.29. The summed E-state index contributed by atoms with van der Waals surface area (Å²) < 4.78 is 2.36. The van der Waals surface area contributed by atoms with Crippen molar-refractivity contribution in [2.75, 3.05) is 5.75 Å². The minimum absolute atomic E-state index is 0.0679. The second kappa shape index (κ2) is 7.76. The summed E-state index contributed by atoms with van der Waals surface area (Å²) in [6.45, 7) is 0. The molecule has 3 heterocycles. The number of nitrogens with zero attached hydrogens (tertiary/aromatic N) is 4. The Labute approximate surface area is 173 Å². The molecule has 0 unspecified atom stereocenters. The van der Waals surface area contributed by atoms with Crippen molar-refractivity contribution in [3.8, 4) is 10.7 Å². The fourth-order valence-corrected chi connectivity index (χ4v) is 4.46. The van der Waals surface area contributed by atoms with E-state index in [1.54, 1.807) is 31.3 Å². The van der Waals surface area contributed by atoms with Gasteiger partial charge < -0.3 is 0 Å². The highest BCUT2D eigenvalue weighted by Crippen LogP contribution is 2.28. The maximum atomic E-state index is 12.8. The molecule has 0 spiro atoms. The van der Waals surface area contributed by atoms with Crippen LogP contribution in [0, 0.1) is 0 Å². The van der Waals surface area contributed by atoms with Crippen LogP contribution in [0.2, 0.25) is 0 Å². The van der Waals surface area contributed by atoms with E-state index in [9.17, 15) is 14.4 Å². The highest BCUT2D eigenvalue weighted by molar-refractivity contribution is 8.00. The molecule has 0 atom stereocenters. The topological polar surface area (TPSA) is 86.8 Å². The molecule has 0 amide bonds. The number of ketones is 1. The molecule has 9 heteroatoms. The molecule has 0 aliphatic carbocycles. The molecule has 0 radical (unpaired) electrons. The van der Waals surface area contributed by atoms with Crippen molar-refractivity contribution < 1.29 is 4.79 Å². The van der Waals surface area contributed by atoms with Crippen LogP contribution in [-0.4, -0.2) is 30.6 Å². The third-order valence-corrected chi connectivity index (χ3v) is 6.29. The van der Waals surface area contributed by atoms with Gasteiger partial charge in [0.15, 0.2) is 17.3 Å². The third-order valence-electron chi connectivity index (χ3n) is 4.44. The Balaban J connectivity index is 1.86. The van der Waals surface area contributed by atoms with Gasteiger partial charge in [0.25, 0.3) is 5.56 Å². The average molecular weight is 425 g/mol. The van der Waals surface area contributed by atoms with Crippen LogP contribution in [0.25, 0.3) is 21.7 Å². The Bertz CT molecular complexity index is 1330. The summed E-state index contributed by atoms with van der Waals surface area (Å²) in [6, 6.07) is 12.7. The van der Waals surface area contributed by atoms with Gasteiger partial charge in [-0.15, -0.1) is 11.3 Å². The zero-order chi connectivity index (χ0) is 20.5. The summed E-state index contributed by atoms with van der Waals surface area (Å²) >= 11 is 2.64. The van der Waals surface area contributed by atoms with Crippen LogP contribution in [0.5, 0.6) is 0 Å². The van der Waals surface area contributed by atoms with Crippen LogP contribution in [0.3, 0.4) is 0 Å². The number of carbonyl (C=O) groups excluding carboxylic acids is 1. The van der Waals surface area contributed by atoms with Gasteiger partial charge in [-0.2, -0.15) is 0 Å². The minimum atomic E-state index is -0.476. The standard InChI is InChI=1S/C20H16N4O3S2/c1-23-17-15(19(26)24(2)20(23)27)18(22-16(21-17)14-9-6-10-28-14)29-11-13(25)12-7-4-3-5-8-12/h3-10H,11H2,1-2H3. The van der Waals surface area contributed by atoms with Crippen molar-refractivity contribution in [1.29, 1.82) is 0 Å². The predicted molar refractivity (Wildman–Crippen MR) is 115 cm³/mol. The maximum absolute atomic E-state index is 12.8. The molecule has 4 rings (SSSR count). The van der Waals surface area contributed by atoms with E-state index in [0.29, 0.717) is 16.4 Å². The summed E-state index contributed by atoms with van der Waals surface area (Å²) in [5, 5.41) is 2.53. The highest BCUT2D eigenvalue weighted by atomic mass is 32.2. The van der Waals surface area contributed by atoms with E-state index in [1.807, 2.05) is 23.6 Å². The molecule has 0 aliphatic rings. The molecule has 0 N–H and O–H groups in total. The molecule has 4 aromatic rings. The Morgan fingerprint density at radius 2 is 1.79 bits per heavy atom. The van der Waals surface area contributed by atoms with Crippen molar-refractivity contribution in [1.82, 2.24) is 19.1 Å². The molecule has 29 heavy (non-hydrogen) atoms. The minimum Gasteiger partial charge on any atom is -0.293 e. The van der Waals surface area contributed by atoms with E-state index in [1.165, 1.54) is 34.7 Å². The van der Waals surface area contributed by atoms with Gasteiger partial charge in [0.2, 0.25) is 0 Å². The zero-order valence-corrected chi connectivity index (χ0v) is 17.3. The van der Waals surface area contributed by atoms with E-state index in [4.69, 9.17) is 0 Å². The van der Waals surface area contributed by atoms with Gasteiger partial charge in [-0.05, 0) is 11.4 Å². The predicted octanol–water partition coefficient (Wildman–Crippen LogP) is 2.73. The van der Waals surface area contributed by atoms with Gasteiger partial charge in [0.1, 0.15) is 10.4 Å². The van der Waals surface area contributed by atoms with Crippen molar-refractivity contribution in [3.05, 3.63) is 74.2 Å². The first-order valence-electron chi connectivity index (χ1n) is 8.70. The first-order chi connectivity index (χ1) is 14.0. The Kier molecular flexibility index (Phi) is 5.16. The summed E-state index contributed by atoms with van der Waals surface area (Å²) in [4.78, 5) is 47.6. The fourth-order valence-electron chi connectivity index (χ4n) is 2.89. The number of carbonyl (C=O) groups is 1. The molecule has 0 aliphatic heterocycles. The number of aryl methyl sites for hydroxylation is 1. The number of Topliss-reactive ketones (excluding diaryl/α,β-unsaturated/α-hetero) is 1. The van der Waals surface area contributed by atoms with Gasteiger partial charge in [-0.3, -0.25) is 18.7 Å². The molecule has 0 saturated heterocycles. The van der Waals surface area contributed by atoms with Crippen LogP contribution in [-0.2, 0) is 14.1 Å². The second-order valence-corrected chi connectivity index (χ2v) is 8.22. The highest BCUT2D eigenvalue weighted by Gasteiger charge is 2.19. The monoisotopic (exact) mass is 424 g/mol. The fraction of sp³-hybridized carbons (Fsp3) is 0.150. The summed E-state index contributed by atoms with van der Waals surface area (Å²) in [5.74, 6) is 0.471. The molecule has 0 fully saturated rings. The Morgan fingerprint density at radius 3 is 2.48 bits per heavy atom. The molecular weight excluding hydrogens is 408 g/mol. The summed E-state index contributed by atoms with van der Waals surface area (Å²) in [7, 11) is 2.99. The van der Waals surface area contributed by atoms with E-state index in [2.05, 4.69) is 9.97 Å². The normalized spacial score (nSPS) is 11.1. The largest absolute Gasteiger partial charge is 0.332 e. The number of thioether (sulfide) groups is 1. The lowest BCUT2D eigenvalue weighted by Crippen LogP contribution is -2.37. The van der Waals surface area contributed by atoms with Crippen LogP contribution in [0.1, 0.15) is 10.4 Å². The Morgan fingerprint density at radius 1 is 1.03 bits per heavy atom. The van der Waals surface area contributed by atoms with E-state index in [-0.39, 0.29) is 22.6 Å². The number of fused-ring (bicyclic) bond motifs is 1. The van der Waals surface area contributed by atoms with Crippen LogP contribution >= 0.6 is 23.1 Å². The molecule has 0 bridgehead atoms. The number of benzene rings is 1. The van der Waals surface area contributed by atoms with Gasteiger partial charge in [0, 0.05) is 19.7 Å². The van der Waals surface area contributed by atoms with Crippen molar-refractivity contribution in [2.45, 2.75) is 5.03 Å². The quantitative estimate of drug-likeness (QED) is 0.278. The van der Waals surface area contributed by atoms with Crippen LogP contribution in [0.4, 0.5) is 0 Å². The number of hydrogen-bond donors (Lipinski definition) is 0.